The van der Waals surface area contributed by atoms with Gasteiger partial charge in [-0.25, -0.2) is 0 Å². The molecule has 0 atom stereocenters. The van der Waals surface area contributed by atoms with E-state index in [0.29, 0.717) is 4.48 Å². The molecule has 0 aromatic rings. The molecule has 0 spiro atoms. The Morgan fingerprint density at radius 1 is 1.28 bits per heavy atom. The molecular weight excluding hydrogens is 300 g/mol. The van der Waals surface area contributed by atoms with Crippen molar-refractivity contribution in [1.29, 1.82) is 0 Å². The van der Waals surface area contributed by atoms with Crippen LogP contribution in [0.15, 0.2) is 11.1 Å². The van der Waals surface area contributed by atoms with Gasteiger partial charge >= 0.3 is 11.9 Å². The smallest absolute Gasteiger partial charge is 0.324 e. The van der Waals surface area contributed by atoms with Crippen molar-refractivity contribution in [1.82, 2.24) is 0 Å². The molecule has 18 heavy (non-hydrogen) atoms. The third-order valence-electron chi connectivity index (χ3n) is 2.23. The van der Waals surface area contributed by atoms with Gasteiger partial charge in [-0.1, -0.05) is 22.5 Å². The van der Waals surface area contributed by atoms with Crippen LogP contribution in [0, 0.1) is 17.8 Å². The fourth-order valence-corrected chi connectivity index (χ4v) is 1.95. The maximum atomic E-state index is 12.0. The van der Waals surface area contributed by atoms with E-state index in [-0.39, 0.29) is 26.1 Å². The van der Waals surface area contributed by atoms with Crippen LogP contribution in [0.2, 0.25) is 0 Å². The fraction of sp³-hybridized carbons (Fsp3) is 0.538. The summed E-state index contributed by atoms with van der Waals surface area (Å²) in [7, 11) is 0. The number of hydrogen-bond donors (Lipinski definition) is 0. The topological polar surface area (TPSA) is 52.6 Å². The SMILES string of the molecule is C#CCC(CC(=C)Br)(C(=O)OCC)C(=O)OCC. The van der Waals surface area contributed by atoms with Gasteiger partial charge < -0.3 is 9.47 Å². The van der Waals surface area contributed by atoms with E-state index in [2.05, 4.69) is 28.4 Å². The Bertz CT molecular complexity index is 350. The predicted octanol–water partition coefficient (Wildman–Crippen LogP) is 2.42. The third kappa shape index (κ3) is 4.19. The zero-order valence-electron chi connectivity index (χ0n) is 10.6. The van der Waals surface area contributed by atoms with Gasteiger partial charge in [0.15, 0.2) is 5.41 Å². The number of allylic oxidation sites excluding steroid dienone is 1. The lowest BCUT2D eigenvalue weighted by Crippen LogP contribution is -2.42. The van der Waals surface area contributed by atoms with Crippen LogP contribution < -0.4 is 0 Å². The highest BCUT2D eigenvalue weighted by atomic mass is 79.9. The lowest BCUT2D eigenvalue weighted by atomic mass is 9.81. The number of carbonyl (C=O) groups excluding carboxylic acids is 2. The predicted molar refractivity (Wildman–Crippen MR) is 71.8 cm³/mol. The molecule has 0 saturated carbocycles. The summed E-state index contributed by atoms with van der Waals surface area (Å²) < 4.78 is 10.3. The average molecular weight is 317 g/mol. The second-order valence-electron chi connectivity index (χ2n) is 3.60. The molecule has 0 aromatic carbocycles. The molecular formula is C13H17BrO4. The van der Waals surface area contributed by atoms with Crippen molar-refractivity contribution in [2.75, 3.05) is 13.2 Å². The quantitative estimate of drug-likeness (QED) is 0.411. The van der Waals surface area contributed by atoms with Gasteiger partial charge in [-0.15, -0.1) is 12.3 Å². The number of carbonyl (C=O) groups is 2. The van der Waals surface area contributed by atoms with Crippen molar-refractivity contribution >= 4 is 27.9 Å². The molecule has 0 aliphatic rings. The first-order valence-electron chi connectivity index (χ1n) is 5.55. The van der Waals surface area contributed by atoms with Gasteiger partial charge in [-0.05, 0) is 18.3 Å². The van der Waals surface area contributed by atoms with Gasteiger partial charge in [0.05, 0.1) is 13.2 Å². The van der Waals surface area contributed by atoms with Crippen LogP contribution in [0.25, 0.3) is 0 Å². The molecule has 0 rings (SSSR count). The molecule has 100 valence electrons. The maximum absolute atomic E-state index is 12.0. The summed E-state index contributed by atoms with van der Waals surface area (Å²) in [5, 5.41) is 0. The van der Waals surface area contributed by atoms with Gasteiger partial charge in [0.1, 0.15) is 0 Å². The van der Waals surface area contributed by atoms with Crippen LogP contribution in [0.5, 0.6) is 0 Å². The van der Waals surface area contributed by atoms with Gasteiger partial charge in [0, 0.05) is 12.8 Å². The zero-order valence-corrected chi connectivity index (χ0v) is 12.2. The summed E-state index contributed by atoms with van der Waals surface area (Å²) in [5.41, 5.74) is -1.51. The van der Waals surface area contributed by atoms with Crippen molar-refractivity contribution in [2.45, 2.75) is 26.7 Å². The van der Waals surface area contributed by atoms with Crippen molar-refractivity contribution in [2.24, 2.45) is 5.41 Å². The zero-order chi connectivity index (χ0) is 14.2. The summed E-state index contributed by atoms with van der Waals surface area (Å²) in [6, 6.07) is 0. The Labute approximate surface area is 116 Å². The van der Waals surface area contributed by atoms with Crippen molar-refractivity contribution in [3.05, 3.63) is 11.1 Å². The van der Waals surface area contributed by atoms with Crippen LogP contribution in [0.1, 0.15) is 26.7 Å². The number of ether oxygens (including phenoxy) is 2. The number of hydrogen-bond acceptors (Lipinski definition) is 4. The standard InChI is InChI=1S/C13H17BrO4/c1-5-8-13(9-10(4)14,11(15)17-6-2)12(16)18-7-3/h1H,4,6-9H2,2-3H3. The van der Waals surface area contributed by atoms with Crippen LogP contribution in [-0.4, -0.2) is 25.2 Å². The first-order chi connectivity index (χ1) is 8.44. The van der Waals surface area contributed by atoms with Crippen molar-refractivity contribution in [3.63, 3.8) is 0 Å². The molecule has 5 heteroatoms. The first-order valence-corrected chi connectivity index (χ1v) is 6.35. The highest BCUT2D eigenvalue weighted by Gasteiger charge is 2.48. The Morgan fingerprint density at radius 2 is 1.72 bits per heavy atom. The summed E-state index contributed by atoms with van der Waals surface area (Å²) in [4.78, 5) is 24.1. The molecule has 0 aromatic heterocycles. The summed E-state index contributed by atoms with van der Waals surface area (Å²) >= 11 is 3.14. The van der Waals surface area contributed by atoms with E-state index < -0.39 is 17.4 Å². The molecule has 0 amide bonds. The number of halogens is 1. The molecule has 0 radical (unpaired) electrons. The molecule has 0 aliphatic heterocycles. The van der Waals surface area contributed by atoms with E-state index in [4.69, 9.17) is 15.9 Å². The molecule has 0 fully saturated rings. The van der Waals surface area contributed by atoms with E-state index in [1.807, 2.05) is 0 Å². The second-order valence-corrected chi connectivity index (χ2v) is 4.72. The normalized spacial score (nSPS) is 10.3. The monoisotopic (exact) mass is 316 g/mol. The van der Waals surface area contributed by atoms with Crippen LogP contribution in [-0.2, 0) is 19.1 Å². The lowest BCUT2D eigenvalue weighted by Gasteiger charge is -2.27. The van der Waals surface area contributed by atoms with E-state index >= 15 is 0 Å². The molecule has 0 heterocycles. The number of terminal acetylenes is 1. The van der Waals surface area contributed by atoms with E-state index in [1.165, 1.54) is 0 Å². The Kier molecular flexibility index (Phi) is 7.37. The minimum atomic E-state index is -1.51. The van der Waals surface area contributed by atoms with E-state index in [1.54, 1.807) is 13.8 Å². The molecule has 0 N–H and O–H groups in total. The molecule has 0 saturated heterocycles. The largest absolute Gasteiger partial charge is 0.465 e. The van der Waals surface area contributed by atoms with Crippen LogP contribution >= 0.6 is 15.9 Å². The summed E-state index contributed by atoms with van der Waals surface area (Å²) in [5.74, 6) is 0.972. The van der Waals surface area contributed by atoms with Gasteiger partial charge in [-0.3, -0.25) is 9.59 Å². The third-order valence-corrected chi connectivity index (χ3v) is 2.51. The first kappa shape index (κ1) is 16.7. The minimum Gasteiger partial charge on any atom is -0.465 e. The number of rotatable bonds is 7. The van der Waals surface area contributed by atoms with Crippen LogP contribution in [0.3, 0.4) is 0 Å². The van der Waals surface area contributed by atoms with E-state index in [0.717, 1.165) is 0 Å². The molecule has 0 unspecified atom stereocenters. The summed E-state index contributed by atoms with van der Waals surface area (Å²) in [6.07, 6.45) is 5.21. The maximum Gasteiger partial charge on any atom is 0.324 e. The minimum absolute atomic E-state index is 0.0505. The van der Waals surface area contributed by atoms with Gasteiger partial charge in [0.25, 0.3) is 0 Å². The second kappa shape index (κ2) is 7.93. The van der Waals surface area contributed by atoms with E-state index in [9.17, 15) is 9.59 Å². The molecule has 4 nitrogen and oxygen atoms in total. The number of esters is 2. The fourth-order valence-electron chi connectivity index (χ4n) is 1.47. The van der Waals surface area contributed by atoms with Gasteiger partial charge in [0.2, 0.25) is 0 Å². The van der Waals surface area contributed by atoms with Crippen molar-refractivity contribution in [3.8, 4) is 12.3 Å². The highest BCUT2D eigenvalue weighted by Crippen LogP contribution is 2.35. The Hall–Kier alpha value is -1.28. The molecule has 0 aliphatic carbocycles. The molecule has 0 bridgehead atoms. The highest BCUT2D eigenvalue weighted by molar-refractivity contribution is 9.11. The lowest BCUT2D eigenvalue weighted by molar-refractivity contribution is -0.171. The van der Waals surface area contributed by atoms with Crippen LogP contribution in [0.4, 0.5) is 0 Å². The Balaban J connectivity index is 5.41. The average Bonchev–Trinajstić information content (AvgIpc) is 2.28. The summed E-state index contributed by atoms with van der Waals surface area (Å²) in [6.45, 7) is 7.29. The van der Waals surface area contributed by atoms with Gasteiger partial charge in [-0.2, -0.15) is 0 Å². The Morgan fingerprint density at radius 3 is 2.00 bits per heavy atom. The van der Waals surface area contributed by atoms with Crippen molar-refractivity contribution < 1.29 is 19.1 Å².